The Hall–Kier alpha value is -1.32. The van der Waals surface area contributed by atoms with E-state index in [1.165, 1.54) is 0 Å². The first-order valence-corrected chi connectivity index (χ1v) is 8.46. The molecule has 1 unspecified atom stereocenters. The Morgan fingerprint density at radius 3 is 2.96 bits per heavy atom. The Morgan fingerprint density at radius 1 is 1.32 bits per heavy atom. The van der Waals surface area contributed by atoms with Gasteiger partial charge < -0.3 is 24.5 Å². The average Bonchev–Trinajstić information content (AvgIpc) is 3.26. The third-order valence-electron chi connectivity index (χ3n) is 3.99. The maximum Gasteiger partial charge on any atom is 0.191 e. The normalized spacial score (nSPS) is 17.5. The van der Waals surface area contributed by atoms with E-state index in [2.05, 4.69) is 15.6 Å². The molecule has 0 aliphatic carbocycles. The Morgan fingerprint density at radius 2 is 2.20 bits per heavy atom. The summed E-state index contributed by atoms with van der Waals surface area (Å²) in [5.41, 5.74) is 0.908. The maximum atomic E-state index is 5.79. The number of benzene rings is 1. The van der Waals surface area contributed by atoms with Gasteiger partial charge in [-0.3, -0.25) is 4.99 Å². The highest BCUT2D eigenvalue weighted by Gasteiger charge is 2.15. The molecule has 2 N–H and O–H groups in total. The minimum atomic E-state index is 0. The molecule has 0 bridgehead atoms. The molecule has 3 rings (SSSR count). The Bertz CT molecular complexity index is 635. The molecule has 25 heavy (non-hydrogen) atoms. The molecule has 0 amide bonds. The SMILES string of the molecule is CN=C(NCCCOC1CCOC1)NCc1cc2ccccc2o1.I. The van der Waals surface area contributed by atoms with Gasteiger partial charge in [0.25, 0.3) is 0 Å². The van der Waals surface area contributed by atoms with Gasteiger partial charge in [0, 0.05) is 32.2 Å². The molecule has 138 valence electrons. The standard InChI is InChI=1S/C18H25N3O3.HI/c1-19-18(20-8-4-9-23-15-7-10-22-13-15)21-12-16-11-14-5-2-3-6-17(14)24-16;/h2-3,5-6,11,15H,4,7-10,12-13H2,1H3,(H2,19,20,21);1H. The number of hydrogen-bond donors (Lipinski definition) is 2. The van der Waals surface area contributed by atoms with Gasteiger partial charge in [-0.2, -0.15) is 0 Å². The molecule has 0 radical (unpaired) electrons. The summed E-state index contributed by atoms with van der Waals surface area (Å²) in [6.45, 7) is 3.70. The lowest BCUT2D eigenvalue weighted by atomic mass is 10.2. The monoisotopic (exact) mass is 459 g/mol. The van der Waals surface area contributed by atoms with Crippen molar-refractivity contribution in [3.8, 4) is 0 Å². The molecule has 2 aromatic rings. The number of para-hydroxylation sites is 1. The Balaban J connectivity index is 0.00000225. The van der Waals surface area contributed by atoms with Crippen LogP contribution >= 0.6 is 24.0 Å². The smallest absolute Gasteiger partial charge is 0.191 e. The lowest BCUT2D eigenvalue weighted by molar-refractivity contribution is 0.0420. The molecule has 1 aromatic carbocycles. The van der Waals surface area contributed by atoms with Crippen LogP contribution in [-0.4, -0.2) is 45.5 Å². The number of ether oxygens (including phenoxy) is 2. The molecule has 1 saturated heterocycles. The fourth-order valence-corrected chi connectivity index (χ4v) is 2.69. The number of nitrogens with zero attached hydrogens (tertiary/aromatic N) is 1. The first-order valence-electron chi connectivity index (χ1n) is 8.46. The van der Waals surface area contributed by atoms with Gasteiger partial charge in [-0.15, -0.1) is 24.0 Å². The largest absolute Gasteiger partial charge is 0.459 e. The van der Waals surface area contributed by atoms with Crippen LogP contribution in [0.1, 0.15) is 18.6 Å². The third-order valence-corrected chi connectivity index (χ3v) is 3.99. The third kappa shape index (κ3) is 6.16. The number of fused-ring (bicyclic) bond motifs is 1. The van der Waals surface area contributed by atoms with E-state index in [1.54, 1.807) is 7.05 Å². The van der Waals surface area contributed by atoms with Crippen LogP contribution in [0.3, 0.4) is 0 Å². The quantitative estimate of drug-likeness (QED) is 0.289. The molecule has 1 fully saturated rings. The van der Waals surface area contributed by atoms with E-state index in [0.29, 0.717) is 6.54 Å². The van der Waals surface area contributed by atoms with E-state index in [9.17, 15) is 0 Å². The van der Waals surface area contributed by atoms with Crippen LogP contribution in [-0.2, 0) is 16.0 Å². The van der Waals surface area contributed by atoms with Crippen LogP contribution in [0.25, 0.3) is 11.0 Å². The molecular formula is C18H26IN3O3. The van der Waals surface area contributed by atoms with Gasteiger partial charge in [0.15, 0.2) is 5.96 Å². The summed E-state index contributed by atoms with van der Waals surface area (Å²) in [4.78, 5) is 4.22. The van der Waals surface area contributed by atoms with E-state index in [0.717, 1.165) is 61.9 Å². The summed E-state index contributed by atoms with van der Waals surface area (Å²) in [5, 5.41) is 7.66. The molecule has 1 aliphatic rings. The number of hydrogen-bond acceptors (Lipinski definition) is 4. The van der Waals surface area contributed by atoms with Crippen molar-refractivity contribution >= 4 is 40.9 Å². The zero-order valence-corrected chi connectivity index (χ0v) is 16.8. The summed E-state index contributed by atoms with van der Waals surface area (Å²) in [6.07, 6.45) is 2.21. The summed E-state index contributed by atoms with van der Waals surface area (Å²) in [6, 6.07) is 10.1. The predicted molar refractivity (Wildman–Crippen MR) is 110 cm³/mol. The zero-order chi connectivity index (χ0) is 16.6. The fourth-order valence-electron chi connectivity index (χ4n) is 2.69. The molecule has 0 spiro atoms. The minimum absolute atomic E-state index is 0. The second-order valence-electron chi connectivity index (χ2n) is 5.81. The highest BCUT2D eigenvalue weighted by molar-refractivity contribution is 14.0. The first-order chi connectivity index (χ1) is 11.8. The van der Waals surface area contributed by atoms with Crippen molar-refractivity contribution in [3.05, 3.63) is 36.1 Å². The van der Waals surface area contributed by atoms with E-state index < -0.39 is 0 Å². The van der Waals surface area contributed by atoms with Crippen LogP contribution in [0.2, 0.25) is 0 Å². The first kappa shape index (κ1) is 20.0. The zero-order valence-electron chi connectivity index (χ0n) is 14.5. The van der Waals surface area contributed by atoms with E-state index in [-0.39, 0.29) is 30.1 Å². The van der Waals surface area contributed by atoms with E-state index >= 15 is 0 Å². The number of aliphatic imine (C=N–C) groups is 1. The summed E-state index contributed by atoms with van der Waals surface area (Å²) in [7, 11) is 1.76. The van der Waals surface area contributed by atoms with E-state index in [1.807, 2.05) is 30.3 Å². The van der Waals surface area contributed by atoms with Crippen LogP contribution in [0, 0.1) is 0 Å². The molecule has 1 aliphatic heterocycles. The molecule has 6 nitrogen and oxygen atoms in total. The summed E-state index contributed by atoms with van der Waals surface area (Å²) in [5.74, 6) is 1.66. The average molecular weight is 459 g/mol. The van der Waals surface area contributed by atoms with Gasteiger partial charge in [-0.05, 0) is 25.0 Å². The maximum absolute atomic E-state index is 5.79. The Labute approximate surface area is 165 Å². The van der Waals surface area contributed by atoms with Crippen molar-refractivity contribution in [2.45, 2.75) is 25.5 Å². The number of guanidine groups is 1. The molecule has 1 atom stereocenters. The number of furan rings is 1. The van der Waals surface area contributed by atoms with Crippen molar-refractivity contribution in [2.24, 2.45) is 4.99 Å². The second kappa shape index (κ2) is 10.6. The molecule has 1 aromatic heterocycles. The number of nitrogens with one attached hydrogen (secondary N) is 2. The van der Waals surface area contributed by atoms with Crippen LogP contribution in [0.4, 0.5) is 0 Å². The van der Waals surface area contributed by atoms with Gasteiger partial charge >= 0.3 is 0 Å². The van der Waals surface area contributed by atoms with Gasteiger partial charge in [0.05, 0.1) is 19.3 Å². The topological polar surface area (TPSA) is 68.0 Å². The summed E-state index contributed by atoms with van der Waals surface area (Å²) >= 11 is 0. The lowest BCUT2D eigenvalue weighted by Gasteiger charge is -2.12. The van der Waals surface area contributed by atoms with Crippen molar-refractivity contribution in [2.75, 3.05) is 33.4 Å². The molecule has 7 heteroatoms. The van der Waals surface area contributed by atoms with Crippen LogP contribution in [0.15, 0.2) is 39.7 Å². The van der Waals surface area contributed by atoms with Crippen LogP contribution in [0.5, 0.6) is 0 Å². The molecular weight excluding hydrogens is 433 g/mol. The number of halogens is 1. The fraction of sp³-hybridized carbons (Fsp3) is 0.500. The van der Waals surface area contributed by atoms with Gasteiger partial charge in [-0.1, -0.05) is 18.2 Å². The lowest BCUT2D eigenvalue weighted by Crippen LogP contribution is -2.37. The van der Waals surface area contributed by atoms with Gasteiger partial charge in [-0.25, -0.2) is 0 Å². The molecule has 2 heterocycles. The Kier molecular flexibility index (Phi) is 8.50. The highest BCUT2D eigenvalue weighted by atomic mass is 127. The van der Waals surface area contributed by atoms with E-state index in [4.69, 9.17) is 13.9 Å². The predicted octanol–water partition coefficient (Wildman–Crippen LogP) is 2.91. The summed E-state index contributed by atoms with van der Waals surface area (Å²) < 4.78 is 16.8. The molecule has 0 saturated carbocycles. The van der Waals surface area contributed by atoms with Crippen molar-refractivity contribution in [1.82, 2.24) is 10.6 Å². The van der Waals surface area contributed by atoms with Crippen LogP contribution < -0.4 is 10.6 Å². The minimum Gasteiger partial charge on any atom is -0.459 e. The van der Waals surface area contributed by atoms with Gasteiger partial charge in [0.2, 0.25) is 0 Å². The van der Waals surface area contributed by atoms with Crippen molar-refractivity contribution in [1.29, 1.82) is 0 Å². The van der Waals surface area contributed by atoms with Gasteiger partial charge in [0.1, 0.15) is 11.3 Å². The number of rotatable bonds is 7. The second-order valence-corrected chi connectivity index (χ2v) is 5.81. The van der Waals surface area contributed by atoms with Crippen molar-refractivity contribution < 1.29 is 13.9 Å². The van der Waals surface area contributed by atoms with Crippen molar-refractivity contribution in [3.63, 3.8) is 0 Å². The highest BCUT2D eigenvalue weighted by Crippen LogP contribution is 2.18.